The molecule has 1 saturated carbocycles. The average Bonchev–Trinajstić information content (AvgIpc) is 3.32. The summed E-state index contributed by atoms with van der Waals surface area (Å²) < 4.78 is 43.9. The molecule has 0 bridgehead atoms. The number of allylic oxidation sites excluding steroid dienone is 1. The molecule has 0 unspecified atom stereocenters. The number of halogens is 3. The quantitative estimate of drug-likeness (QED) is 0.660. The van der Waals surface area contributed by atoms with Crippen LogP contribution in [0.15, 0.2) is 47.5 Å². The van der Waals surface area contributed by atoms with Crippen molar-refractivity contribution in [2.75, 3.05) is 0 Å². The lowest BCUT2D eigenvalue weighted by Crippen LogP contribution is -2.34. The summed E-state index contributed by atoms with van der Waals surface area (Å²) in [6, 6.07) is 4.95. The fourth-order valence-corrected chi connectivity index (χ4v) is 2.64. The van der Waals surface area contributed by atoms with Crippen LogP contribution in [0.2, 0.25) is 0 Å². The van der Waals surface area contributed by atoms with E-state index in [1.54, 1.807) is 39.8 Å². The molecule has 0 spiro atoms. The normalized spacial score (nSPS) is 20.2. The second kappa shape index (κ2) is 8.20. The zero-order valence-corrected chi connectivity index (χ0v) is 16.4. The largest absolute Gasteiger partial charge is 0.444 e. The van der Waals surface area contributed by atoms with E-state index in [0.717, 1.165) is 18.6 Å². The van der Waals surface area contributed by atoms with Gasteiger partial charge in [0.2, 0.25) is 0 Å². The van der Waals surface area contributed by atoms with E-state index in [1.807, 2.05) is 0 Å². The molecule has 1 aromatic carbocycles. The fraction of sp³-hybridized carbons (Fsp3) is 0.429. The van der Waals surface area contributed by atoms with Crippen LogP contribution in [0.3, 0.4) is 0 Å². The van der Waals surface area contributed by atoms with Crippen LogP contribution >= 0.6 is 0 Å². The van der Waals surface area contributed by atoms with Gasteiger partial charge in [0.15, 0.2) is 0 Å². The molecule has 28 heavy (non-hydrogen) atoms. The minimum atomic E-state index is -4.41. The summed E-state index contributed by atoms with van der Waals surface area (Å²) in [5.41, 5.74) is 0.207. The molecule has 0 aliphatic heterocycles. The summed E-state index contributed by atoms with van der Waals surface area (Å²) in [4.78, 5) is 16.1. The number of nitrogens with zero attached hydrogens (tertiary/aromatic N) is 1. The summed E-state index contributed by atoms with van der Waals surface area (Å²) in [7, 11) is 0. The third-order valence-corrected chi connectivity index (χ3v) is 4.10. The lowest BCUT2D eigenvalue weighted by Gasteiger charge is -2.19. The Balaban J connectivity index is 1.98. The van der Waals surface area contributed by atoms with Gasteiger partial charge >= 0.3 is 12.3 Å². The first-order chi connectivity index (χ1) is 12.9. The molecule has 1 N–H and O–H groups in total. The van der Waals surface area contributed by atoms with Crippen molar-refractivity contribution in [3.05, 3.63) is 53.6 Å². The molecular weight excluding hydrogens is 369 g/mol. The lowest BCUT2D eigenvalue weighted by molar-refractivity contribution is -0.137. The first-order valence-electron chi connectivity index (χ1n) is 8.97. The highest BCUT2D eigenvalue weighted by atomic mass is 19.4. The van der Waals surface area contributed by atoms with Crippen molar-refractivity contribution < 1.29 is 22.7 Å². The molecule has 0 heterocycles. The number of hydrogen-bond donors (Lipinski definition) is 1. The van der Waals surface area contributed by atoms with E-state index in [2.05, 4.69) is 16.9 Å². The first-order valence-corrected chi connectivity index (χ1v) is 8.97. The Morgan fingerprint density at radius 2 is 2.00 bits per heavy atom. The number of alkyl halides is 3. The molecule has 7 heteroatoms. The van der Waals surface area contributed by atoms with Crippen molar-refractivity contribution in [2.24, 2.45) is 10.9 Å². The van der Waals surface area contributed by atoms with Gasteiger partial charge < -0.3 is 10.1 Å². The second-order valence-electron chi connectivity index (χ2n) is 7.68. The van der Waals surface area contributed by atoms with Gasteiger partial charge in [-0.25, -0.2) is 4.79 Å². The van der Waals surface area contributed by atoms with Gasteiger partial charge in [0.1, 0.15) is 5.60 Å². The van der Waals surface area contributed by atoms with Crippen LogP contribution < -0.4 is 5.32 Å². The number of carbonyl (C=O) groups excluding carboxylic acids is 1. The highest BCUT2D eigenvalue weighted by Crippen LogP contribution is 2.36. The van der Waals surface area contributed by atoms with Gasteiger partial charge in [0.25, 0.3) is 0 Å². The number of carbonyl (C=O) groups is 1. The van der Waals surface area contributed by atoms with E-state index in [1.165, 1.54) is 12.3 Å². The monoisotopic (exact) mass is 394 g/mol. The zero-order chi connectivity index (χ0) is 21.1. The van der Waals surface area contributed by atoms with Gasteiger partial charge in [-0.1, -0.05) is 24.8 Å². The number of hydrogen-bond acceptors (Lipinski definition) is 3. The van der Waals surface area contributed by atoms with Gasteiger partial charge in [-0.2, -0.15) is 13.2 Å². The van der Waals surface area contributed by atoms with Crippen molar-refractivity contribution in [1.82, 2.24) is 5.32 Å². The summed E-state index contributed by atoms with van der Waals surface area (Å²) in [6.07, 6.45) is -0.988. The summed E-state index contributed by atoms with van der Waals surface area (Å²) in [5.74, 6) is 0.0379. The smallest absolute Gasteiger partial charge is 0.416 e. The van der Waals surface area contributed by atoms with Crippen molar-refractivity contribution in [2.45, 2.75) is 51.9 Å². The topological polar surface area (TPSA) is 50.7 Å². The molecular formula is C21H25F3N2O2. The predicted octanol–water partition coefficient (Wildman–Crippen LogP) is 5.61. The highest BCUT2D eigenvalue weighted by molar-refractivity contribution is 5.85. The van der Waals surface area contributed by atoms with E-state index in [0.29, 0.717) is 16.8 Å². The van der Waals surface area contributed by atoms with Gasteiger partial charge in [-0.15, -0.1) is 0 Å². The molecule has 1 aliphatic carbocycles. The van der Waals surface area contributed by atoms with Crippen LogP contribution in [0.4, 0.5) is 18.0 Å². The Bertz CT molecular complexity index is 805. The number of aliphatic imine (C=N–C) groups is 1. The van der Waals surface area contributed by atoms with Crippen molar-refractivity contribution >= 4 is 18.0 Å². The Hall–Kier alpha value is -2.57. The maximum absolute atomic E-state index is 12.9. The maximum atomic E-state index is 12.9. The van der Waals surface area contributed by atoms with Gasteiger partial charge in [0, 0.05) is 23.7 Å². The zero-order valence-electron chi connectivity index (χ0n) is 16.4. The third-order valence-electron chi connectivity index (χ3n) is 4.10. The molecule has 1 amide bonds. The highest BCUT2D eigenvalue weighted by Gasteiger charge is 2.40. The Labute approximate surface area is 163 Å². The Morgan fingerprint density at radius 3 is 2.57 bits per heavy atom. The number of alkyl carbamates (subject to hydrolysis) is 1. The van der Waals surface area contributed by atoms with E-state index >= 15 is 0 Å². The van der Waals surface area contributed by atoms with Crippen molar-refractivity contribution in [1.29, 1.82) is 0 Å². The van der Waals surface area contributed by atoms with Crippen molar-refractivity contribution in [3.63, 3.8) is 0 Å². The maximum Gasteiger partial charge on any atom is 0.416 e. The number of rotatable bonds is 5. The summed E-state index contributed by atoms with van der Waals surface area (Å²) in [5, 5.41) is 2.78. The minimum Gasteiger partial charge on any atom is -0.444 e. The van der Waals surface area contributed by atoms with Crippen LogP contribution in [-0.4, -0.2) is 24.0 Å². The summed E-state index contributed by atoms with van der Waals surface area (Å²) in [6.45, 7) is 11.0. The molecule has 4 nitrogen and oxygen atoms in total. The van der Waals surface area contributed by atoms with Crippen LogP contribution in [0.1, 0.15) is 45.2 Å². The summed E-state index contributed by atoms with van der Waals surface area (Å²) >= 11 is 0. The molecule has 2 rings (SSSR count). The standard InChI is InChI=1S/C21H25F3N2O2/c1-6-17(14-8-7-9-15(10-14)21(22,23)24)25-12-13(2)16-11-18(16)26-19(27)28-20(3,4)5/h6-10,12,16,18H,2,11H2,1,3-5H3,(H,26,27)/b17-6-,25-12-/t16-,18+/m1/s1. The second-order valence-corrected chi connectivity index (χ2v) is 7.68. The van der Waals surface area contributed by atoms with E-state index in [9.17, 15) is 18.0 Å². The molecule has 0 aromatic heterocycles. The van der Waals surface area contributed by atoms with Crippen LogP contribution in [0.25, 0.3) is 5.70 Å². The van der Waals surface area contributed by atoms with Crippen LogP contribution in [-0.2, 0) is 10.9 Å². The number of benzene rings is 1. The average molecular weight is 394 g/mol. The molecule has 0 radical (unpaired) electrons. The van der Waals surface area contributed by atoms with Crippen LogP contribution in [0.5, 0.6) is 0 Å². The molecule has 0 saturated heterocycles. The fourth-order valence-electron chi connectivity index (χ4n) is 2.64. The van der Waals surface area contributed by atoms with E-state index < -0.39 is 23.4 Å². The third kappa shape index (κ3) is 6.25. The Morgan fingerprint density at radius 1 is 1.32 bits per heavy atom. The van der Waals surface area contributed by atoms with Crippen LogP contribution in [0, 0.1) is 5.92 Å². The molecule has 1 fully saturated rings. The predicted molar refractivity (Wildman–Crippen MR) is 104 cm³/mol. The Kier molecular flexibility index (Phi) is 6.37. The molecule has 2 atom stereocenters. The van der Waals surface area contributed by atoms with E-state index in [4.69, 9.17) is 4.74 Å². The van der Waals surface area contributed by atoms with Gasteiger partial charge in [-0.3, -0.25) is 4.99 Å². The van der Waals surface area contributed by atoms with Gasteiger partial charge in [-0.05, 0) is 51.8 Å². The van der Waals surface area contributed by atoms with E-state index in [-0.39, 0.29) is 12.0 Å². The molecule has 152 valence electrons. The first kappa shape index (κ1) is 21.7. The minimum absolute atomic E-state index is 0.0379. The number of nitrogens with one attached hydrogen (secondary N) is 1. The molecule has 1 aliphatic rings. The SMILES string of the molecule is C=C(/C=N\C(=C/C)c1cccc(C(F)(F)F)c1)[C@H]1C[C@@H]1NC(=O)OC(C)(C)C. The number of amides is 1. The molecule has 1 aromatic rings. The lowest BCUT2D eigenvalue weighted by atomic mass is 10.1. The number of ether oxygens (including phenoxy) is 1. The van der Waals surface area contributed by atoms with Crippen molar-refractivity contribution in [3.8, 4) is 0 Å². The van der Waals surface area contributed by atoms with Gasteiger partial charge in [0.05, 0.1) is 11.3 Å².